The van der Waals surface area contributed by atoms with Gasteiger partial charge in [0.25, 0.3) is 0 Å². The van der Waals surface area contributed by atoms with Crippen molar-refractivity contribution in [1.29, 1.82) is 0 Å². The van der Waals surface area contributed by atoms with Crippen molar-refractivity contribution in [3.05, 3.63) is 29.8 Å². The molecule has 0 bridgehead atoms. The SMILES string of the molecule is CC(C)(C(NN)c1cncc(F)c1)N1CCCCC1. The average Bonchev–Trinajstić information content (AvgIpc) is 2.40. The van der Waals surface area contributed by atoms with Gasteiger partial charge in [0.05, 0.1) is 12.2 Å². The van der Waals surface area contributed by atoms with Crippen LogP contribution in [0.3, 0.4) is 0 Å². The van der Waals surface area contributed by atoms with Crippen molar-refractivity contribution in [3.8, 4) is 0 Å². The number of pyridine rings is 1. The minimum Gasteiger partial charge on any atom is -0.296 e. The van der Waals surface area contributed by atoms with Gasteiger partial charge in [-0.1, -0.05) is 6.42 Å². The zero-order valence-corrected chi connectivity index (χ0v) is 11.7. The van der Waals surface area contributed by atoms with Crippen molar-refractivity contribution in [2.24, 2.45) is 5.84 Å². The van der Waals surface area contributed by atoms with Crippen LogP contribution in [-0.2, 0) is 0 Å². The van der Waals surface area contributed by atoms with Crippen LogP contribution < -0.4 is 11.3 Å². The van der Waals surface area contributed by atoms with E-state index in [2.05, 4.69) is 29.2 Å². The Morgan fingerprint density at radius 1 is 1.32 bits per heavy atom. The molecule has 1 saturated heterocycles. The van der Waals surface area contributed by atoms with E-state index in [-0.39, 0.29) is 17.4 Å². The second-order valence-electron chi connectivity index (χ2n) is 5.74. The molecule has 0 amide bonds. The molecule has 0 saturated carbocycles. The highest BCUT2D eigenvalue weighted by Gasteiger charge is 2.36. The summed E-state index contributed by atoms with van der Waals surface area (Å²) in [6, 6.07) is 1.36. The average molecular weight is 266 g/mol. The summed E-state index contributed by atoms with van der Waals surface area (Å²) in [5.74, 6) is 5.39. The normalized spacial score (nSPS) is 19.4. The van der Waals surface area contributed by atoms with Crippen molar-refractivity contribution < 1.29 is 4.39 Å². The molecule has 0 radical (unpaired) electrons. The molecule has 3 N–H and O–H groups in total. The summed E-state index contributed by atoms with van der Waals surface area (Å²) in [6.07, 6.45) is 6.60. The molecule has 1 aliphatic rings. The van der Waals surface area contributed by atoms with Gasteiger partial charge in [0, 0.05) is 11.7 Å². The predicted octanol–water partition coefficient (Wildman–Crippen LogP) is 1.99. The van der Waals surface area contributed by atoms with Gasteiger partial charge in [0.15, 0.2) is 0 Å². The van der Waals surface area contributed by atoms with E-state index in [9.17, 15) is 4.39 Å². The number of nitrogens with two attached hydrogens (primary N) is 1. The molecule has 1 aromatic heterocycles. The van der Waals surface area contributed by atoms with Gasteiger partial charge in [-0.3, -0.25) is 21.2 Å². The zero-order valence-electron chi connectivity index (χ0n) is 11.7. The second kappa shape index (κ2) is 5.94. The van der Waals surface area contributed by atoms with E-state index >= 15 is 0 Å². The van der Waals surface area contributed by atoms with Crippen LogP contribution in [0.4, 0.5) is 4.39 Å². The standard InChI is InChI=1S/C14H23FN4/c1-14(2,19-6-4-3-5-7-19)13(18-16)11-8-12(15)10-17-9-11/h8-10,13,18H,3-7,16H2,1-2H3. The number of likely N-dealkylation sites (tertiary alicyclic amines) is 1. The van der Waals surface area contributed by atoms with Crippen LogP contribution in [-0.4, -0.2) is 28.5 Å². The van der Waals surface area contributed by atoms with Crippen molar-refractivity contribution in [2.75, 3.05) is 13.1 Å². The van der Waals surface area contributed by atoms with Gasteiger partial charge in [0.2, 0.25) is 0 Å². The Bertz CT molecular complexity index is 416. The minimum absolute atomic E-state index is 0.145. The monoisotopic (exact) mass is 266 g/mol. The molecule has 2 heterocycles. The highest BCUT2D eigenvalue weighted by atomic mass is 19.1. The number of nitrogens with one attached hydrogen (secondary N) is 1. The lowest BCUT2D eigenvalue weighted by atomic mass is 9.86. The minimum atomic E-state index is -0.327. The fraction of sp³-hybridized carbons (Fsp3) is 0.643. The summed E-state index contributed by atoms with van der Waals surface area (Å²) < 4.78 is 13.3. The molecular formula is C14H23FN4. The van der Waals surface area contributed by atoms with Crippen molar-refractivity contribution in [1.82, 2.24) is 15.3 Å². The Hall–Kier alpha value is -1.04. The van der Waals surface area contributed by atoms with Crippen LogP contribution in [0.5, 0.6) is 0 Å². The second-order valence-corrected chi connectivity index (χ2v) is 5.74. The summed E-state index contributed by atoms with van der Waals surface area (Å²) in [6.45, 7) is 6.42. The largest absolute Gasteiger partial charge is 0.296 e. The summed E-state index contributed by atoms with van der Waals surface area (Å²) in [7, 11) is 0. The third kappa shape index (κ3) is 3.11. The van der Waals surface area contributed by atoms with E-state index in [0.29, 0.717) is 0 Å². The topological polar surface area (TPSA) is 54.2 Å². The third-order valence-electron chi connectivity index (χ3n) is 4.10. The zero-order chi connectivity index (χ0) is 13.9. The first kappa shape index (κ1) is 14.4. The number of halogens is 1. The highest BCUT2D eigenvalue weighted by Crippen LogP contribution is 2.32. The van der Waals surface area contributed by atoms with Gasteiger partial charge in [0.1, 0.15) is 5.82 Å². The van der Waals surface area contributed by atoms with E-state index in [1.54, 1.807) is 6.20 Å². The van der Waals surface area contributed by atoms with Crippen molar-refractivity contribution >= 4 is 0 Å². The van der Waals surface area contributed by atoms with Crippen LogP contribution in [0, 0.1) is 5.82 Å². The number of hydrogen-bond acceptors (Lipinski definition) is 4. The van der Waals surface area contributed by atoms with E-state index in [1.165, 1.54) is 31.5 Å². The lowest BCUT2D eigenvalue weighted by molar-refractivity contribution is 0.0606. The van der Waals surface area contributed by atoms with Crippen molar-refractivity contribution in [3.63, 3.8) is 0 Å². The Kier molecular flexibility index (Phi) is 4.50. The molecule has 1 aliphatic heterocycles. The first-order chi connectivity index (χ1) is 9.05. The molecule has 106 valence electrons. The van der Waals surface area contributed by atoms with Gasteiger partial charge >= 0.3 is 0 Å². The predicted molar refractivity (Wildman–Crippen MR) is 73.8 cm³/mol. The van der Waals surface area contributed by atoms with Crippen LogP contribution in [0.1, 0.15) is 44.7 Å². The van der Waals surface area contributed by atoms with Gasteiger partial charge in [-0.05, 0) is 51.4 Å². The van der Waals surface area contributed by atoms with E-state index < -0.39 is 0 Å². The van der Waals surface area contributed by atoms with E-state index in [1.807, 2.05) is 0 Å². The van der Waals surface area contributed by atoms with Crippen LogP contribution in [0.2, 0.25) is 0 Å². The molecule has 0 aliphatic carbocycles. The van der Waals surface area contributed by atoms with Gasteiger partial charge in [-0.15, -0.1) is 0 Å². The number of nitrogens with zero attached hydrogens (tertiary/aromatic N) is 2. The third-order valence-corrected chi connectivity index (χ3v) is 4.10. The Labute approximate surface area is 114 Å². The van der Waals surface area contributed by atoms with Crippen molar-refractivity contribution in [2.45, 2.75) is 44.7 Å². The number of piperidine rings is 1. The molecule has 0 spiro atoms. The summed E-state index contributed by atoms with van der Waals surface area (Å²) in [5, 5.41) is 0. The maximum atomic E-state index is 13.3. The first-order valence-electron chi connectivity index (χ1n) is 6.87. The van der Waals surface area contributed by atoms with E-state index in [0.717, 1.165) is 18.7 Å². The smallest absolute Gasteiger partial charge is 0.141 e. The first-order valence-corrected chi connectivity index (χ1v) is 6.87. The molecule has 1 atom stereocenters. The lowest BCUT2D eigenvalue weighted by Crippen LogP contribution is -2.55. The van der Waals surface area contributed by atoms with Crippen LogP contribution in [0.15, 0.2) is 18.5 Å². The molecule has 1 fully saturated rings. The van der Waals surface area contributed by atoms with Gasteiger partial charge in [-0.25, -0.2) is 4.39 Å². The molecule has 0 aromatic carbocycles. The molecule has 5 heteroatoms. The molecule has 19 heavy (non-hydrogen) atoms. The number of aromatic nitrogens is 1. The highest BCUT2D eigenvalue weighted by molar-refractivity contribution is 5.19. The lowest BCUT2D eigenvalue weighted by Gasteiger charge is -2.45. The quantitative estimate of drug-likeness (QED) is 0.646. The molecule has 2 rings (SSSR count). The maximum absolute atomic E-state index is 13.3. The van der Waals surface area contributed by atoms with Gasteiger partial charge < -0.3 is 0 Å². The Morgan fingerprint density at radius 2 is 2.00 bits per heavy atom. The number of rotatable bonds is 4. The van der Waals surface area contributed by atoms with Crippen LogP contribution in [0.25, 0.3) is 0 Å². The molecule has 4 nitrogen and oxygen atoms in total. The molecular weight excluding hydrogens is 243 g/mol. The summed E-state index contributed by atoms with van der Waals surface area (Å²) in [4.78, 5) is 6.35. The van der Waals surface area contributed by atoms with Crippen LogP contribution >= 0.6 is 0 Å². The summed E-state index contributed by atoms with van der Waals surface area (Å²) >= 11 is 0. The fourth-order valence-corrected chi connectivity index (χ4v) is 2.95. The summed E-state index contributed by atoms with van der Waals surface area (Å²) in [5.41, 5.74) is 3.45. The van der Waals surface area contributed by atoms with E-state index in [4.69, 9.17) is 5.84 Å². The Morgan fingerprint density at radius 3 is 2.58 bits per heavy atom. The molecule has 1 unspecified atom stereocenters. The molecule has 1 aromatic rings. The number of hydrazine groups is 1. The maximum Gasteiger partial charge on any atom is 0.141 e. The Balaban J connectivity index is 2.24. The fourth-order valence-electron chi connectivity index (χ4n) is 2.95. The van der Waals surface area contributed by atoms with Gasteiger partial charge in [-0.2, -0.15) is 0 Å². The number of hydrogen-bond donors (Lipinski definition) is 2.